The van der Waals surface area contributed by atoms with Gasteiger partial charge in [-0.2, -0.15) is 0 Å². The van der Waals surface area contributed by atoms with Gasteiger partial charge in [0.05, 0.1) is 12.1 Å². The molecule has 1 aromatic rings. The molecule has 1 unspecified atom stereocenters. The minimum absolute atomic E-state index is 0.299. The highest BCUT2D eigenvalue weighted by atomic mass is 16.3. The summed E-state index contributed by atoms with van der Waals surface area (Å²) >= 11 is 0. The number of likely N-dealkylation sites (tertiary alicyclic amines) is 1. The third kappa shape index (κ3) is 2.50. The number of nitrogen functional groups attached to an aromatic ring is 1. The Morgan fingerprint density at radius 3 is 3.06 bits per heavy atom. The Balaban J connectivity index is 2.09. The minimum Gasteiger partial charge on any atom is -0.464 e. The fourth-order valence-electron chi connectivity index (χ4n) is 2.35. The third-order valence-corrected chi connectivity index (χ3v) is 3.39. The van der Waals surface area contributed by atoms with Crippen LogP contribution in [0.3, 0.4) is 0 Å². The van der Waals surface area contributed by atoms with Crippen molar-refractivity contribution in [1.82, 2.24) is 10.3 Å². The number of carbonyl (C=O) groups excluding carboxylic acids is 1. The molecule has 0 aromatic carbocycles. The van der Waals surface area contributed by atoms with Crippen LogP contribution in [0.1, 0.15) is 41.6 Å². The van der Waals surface area contributed by atoms with Crippen LogP contribution in [0.25, 0.3) is 0 Å². The first kappa shape index (κ1) is 12.1. The molecule has 0 aliphatic carbocycles. The Labute approximate surface area is 101 Å². The fraction of sp³-hybridized carbons (Fsp3) is 0.583. The second-order valence-corrected chi connectivity index (χ2v) is 4.62. The van der Waals surface area contributed by atoms with E-state index in [1.807, 2.05) is 0 Å². The minimum atomic E-state index is -0.299. The number of carbonyl (C=O) groups is 1. The normalized spacial score (nSPS) is 20.8. The van der Waals surface area contributed by atoms with Gasteiger partial charge in [-0.15, -0.1) is 0 Å². The number of hydrazine groups is 1. The van der Waals surface area contributed by atoms with Crippen molar-refractivity contribution in [3.05, 3.63) is 23.2 Å². The summed E-state index contributed by atoms with van der Waals surface area (Å²) in [5.74, 6) is 6.27. The molecule has 2 heterocycles. The van der Waals surface area contributed by atoms with Crippen LogP contribution >= 0.6 is 0 Å². The van der Waals surface area contributed by atoms with Gasteiger partial charge in [0.25, 0.3) is 5.91 Å². The largest absolute Gasteiger partial charge is 0.464 e. The molecular weight excluding hydrogens is 218 g/mol. The molecule has 5 heteroatoms. The van der Waals surface area contributed by atoms with Gasteiger partial charge in [-0.25, -0.2) is 5.84 Å². The Bertz CT molecular complexity index is 414. The third-order valence-electron chi connectivity index (χ3n) is 3.39. The lowest BCUT2D eigenvalue weighted by atomic mass is 10.2. The molecule has 5 nitrogen and oxygen atoms in total. The highest BCUT2D eigenvalue weighted by Crippen LogP contribution is 2.22. The lowest BCUT2D eigenvalue weighted by Gasteiger charge is -2.19. The second kappa shape index (κ2) is 4.89. The van der Waals surface area contributed by atoms with Crippen molar-refractivity contribution in [2.75, 3.05) is 6.54 Å². The molecule has 17 heavy (non-hydrogen) atoms. The van der Waals surface area contributed by atoms with E-state index in [9.17, 15) is 4.79 Å². The van der Waals surface area contributed by atoms with Crippen LogP contribution < -0.4 is 11.3 Å². The molecule has 1 aliphatic rings. The highest BCUT2D eigenvalue weighted by molar-refractivity contribution is 5.94. The zero-order valence-corrected chi connectivity index (χ0v) is 10.3. The maximum Gasteiger partial charge on any atom is 0.268 e. The van der Waals surface area contributed by atoms with Crippen LogP contribution in [-0.4, -0.2) is 23.4 Å². The summed E-state index contributed by atoms with van der Waals surface area (Å²) in [6.07, 6.45) is 2.47. The predicted molar refractivity (Wildman–Crippen MR) is 64.2 cm³/mol. The van der Waals surface area contributed by atoms with Gasteiger partial charge in [-0.1, -0.05) is 0 Å². The molecular formula is C12H19N3O2. The number of nitrogens with one attached hydrogen (secondary N) is 1. The first-order chi connectivity index (χ1) is 8.11. The Morgan fingerprint density at radius 2 is 2.47 bits per heavy atom. The van der Waals surface area contributed by atoms with Gasteiger partial charge in [-0.05, 0) is 39.3 Å². The van der Waals surface area contributed by atoms with Gasteiger partial charge in [0.1, 0.15) is 11.5 Å². The van der Waals surface area contributed by atoms with E-state index in [2.05, 4.69) is 17.2 Å². The average molecular weight is 237 g/mol. The van der Waals surface area contributed by atoms with E-state index in [-0.39, 0.29) is 5.91 Å². The molecule has 1 aliphatic heterocycles. The van der Waals surface area contributed by atoms with Gasteiger partial charge >= 0.3 is 0 Å². The first-order valence-electron chi connectivity index (χ1n) is 5.96. The van der Waals surface area contributed by atoms with Crippen LogP contribution in [0.2, 0.25) is 0 Å². The fourth-order valence-corrected chi connectivity index (χ4v) is 2.35. The Hall–Kier alpha value is -1.33. The summed E-state index contributed by atoms with van der Waals surface area (Å²) < 4.78 is 5.59. The number of nitrogens with zero attached hydrogens (tertiary/aromatic N) is 1. The summed E-state index contributed by atoms with van der Waals surface area (Å²) in [5, 5.41) is 0. The van der Waals surface area contributed by atoms with Crippen molar-refractivity contribution in [3.8, 4) is 0 Å². The number of amides is 1. The van der Waals surface area contributed by atoms with Gasteiger partial charge in [0.15, 0.2) is 0 Å². The quantitative estimate of drug-likeness (QED) is 0.470. The summed E-state index contributed by atoms with van der Waals surface area (Å²) in [5.41, 5.74) is 2.65. The van der Waals surface area contributed by atoms with Crippen molar-refractivity contribution in [2.45, 2.75) is 39.3 Å². The van der Waals surface area contributed by atoms with Gasteiger partial charge in [0.2, 0.25) is 0 Å². The summed E-state index contributed by atoms with van der Waals surface area (Å²) in [6, 6.07) is 2.37. The van der Waals surface area contributed by atoms with Crippen molar-refractivity contribution < 1.29 is 9.21 Å². The number of aryl methyl sites for hydroxylation is 1. The Morgan fingerprint density at radius 1 is 1.71 bits per heavy atom. The molecule has 1 fully saturated rings. The van der Waals surface area contributed by atoms with Gasteiger partial charge < -0.3 is 4.42 Å². The number of hydrogen-bond acceptors (Lipinski definition) is 4. The predicted octanol–water partition coefficient (Wildman–Crippen LogP) is 1.18. The maximum atomic E-state index is 11.4. The van der Waals surface area contributed by atoms with E-state index in [0.29, 0.717) is 17.4 Å². The summed E-state index contributed by atoms with van der Waals surface area (Å²) in [6.45, 7) is 5.86. The lowest BCUT2D eigenvalue weighted by Crippen LogP contribution is -2.30. The van der Waals surface area contributed by atoms with Crippen LogP contribution in [-0.2, 0) is 6.54 Å². The molecule has 1 amide bonds. The van der Waals surface area contributed by atoms with Crippen molar-refractivity contribution >= 4 is 5.91 Å². The van der Waals surface area contributed by atoms with Gasteiger partial charge in [-0.3, -0.25) is 15.1 Å². The molecule has 2 rings (SSSR count). The molecule has 0 bridgehead atoms. The maximum absolute atomic E-state index is 11.4. The summed E-state index contributed by atoms with van der Waals surface area (Å²) in [4.78, 5) is 13.8. The zero-order chi connectivity index (χ0) is 12.4. The van der Waals surface area contributed by atoms with E-state index < -0.39 is 0 Å². The van der Waals surface area contributed by atoms with E-state index in [1.54, 1.807) is 13.0 Å². The average Bonchev–Trinajstić information content (AvgIpc) is 2.86. The second-order valence-electron chi connectivity index (χ2n) is 4.62. The number of hydrogen-bond donors (Lipinski definition) is 2. The molecule has 0 radical (unpaired) electrons. The smallest absolute Gasteiger partial charge is 0.268 e. The molecule has 94 valence electrons. The monoisotopic (exact) mass is 237 g/mol. The molecule has 0 spiro atoms. The van der Waals surface area contributed by atoms with E-state index in [0.717, 1.165) is 18.8 Å². The van der Waals surface area contributed by atoms with Crippen molar-refractivity contribution in [1.29, 1.82) is 0 Å². The number of rotatable bonds is 3. The van der Waals surface area contributed by atoms with Crippen LogP contribution in [0, 0.1) is 6.92 Å². The molecule has 0 saturated carbocycles. The topological polar surface area (TPSA) is 71.5 Å². The van der Waals surface area contributed by atoms with Crippen LogP contribution in [0.4, 0.5) is 0 Å². The van der Waals surface area contributed by atoms with Crippen molar-refractivity contribution in [3.63, 3.8) is 0 Å². The standard InChI is InChI=1S/C12H19N3O2/c1-8-4-3-5-15(8)7-10-6-11(9(2)17-10)12(16)14-13/h6,8H,3-5,7,13H2,1-2H3,(H,14,16). The van der Waals surface area contributed by atoms with E-state index in [1.165, 1.54) is 12.8 Å². The zero-order valence-electron chi connectivity index (χ0n) is 10.3. The van der Waals surface area contributed by atoms with E-state index in [4.69, 9.17) is 10.3 Å². The van der Waals surface area contributed by atoms with Crippen molar-refractivity contribution in [2.24, 2.45) is 5.84 Å². The van der Waals surface area contributed by atoms with Crippen LogP contribution in [0.5, 0.6) is 0 Å². The molecule has 3 N–H and O–H groups in total. The number of furan rings is 1. The Kier molecular flexibility index (Phi) is 3.49. The summed E-state index contributed by atoms with van der Waals surface area (Å²) in [7, 11) is 0. The lowest BCUT2D eigenvalue weighted by molar-refractivity contribution is 0.0952. The van der Waals surface area contributed by atoms with Crippen LogP contribution in [0.15, 0.2) is 10.5 Å². The van der Waals surface area contributed by atoms with Gasteiger partial charge in [0, 0.05) is 6.04 Å². The first-order valence-corrected chi connectivity index (χ1v) is 5.96. The van der Waals surface area contributed by atoms with E-state index >= 15 is 0 Å². The highest BCUT2D eigenvalue weighted by Gasteiger charge is 2.22. The SMILES string of the molecule is Cc1oc(CN2CCCC2C)cc1C(=O)NN. The molecule has 1 saturated heterocycles. The molecule has 1 atom stereocenters. The number of nitrogens with two attached hydrogens (primary N) is 1. The molecule has 1 aromatic heterocycles.